The number of fused-ring (bicyclic) bond motifs is 2. The molecular formula is C19H22N2O5. The summed E-state index contributed by atoms with van der Waals surface area (Å²) in [5, 5.41) is 10.6. The Morgan fingerprint density at radius 3 is 3.04 bits per heavy atom. The first-order valence-electron chi connectivity index (χ1n) is 8.77. The molecule has 0 aliphatic carbocycles. The van der Waals surface area contributed by atoms with Crippen molar-refractivity contribution < 1.29 is 24.2 Å². The monoisotopic (exact) mass is 358 g/mol. The summed E-state index contributed by atoms with van der Waals surface area (Å²) in [4.78, 5) is 29.6. The summed E-state index contributed by atoms with van der Waals surface area (Å²) in [5.74, 6) is -0.311. The number of methoxy groups -OCH3 is 1. The van der Waals surface area contributed by atoms with E-state index >= 15 is 0 Å². The summed E-state index contributed by atoms with van der Waals surface area (Å²) < 4.78 is 10.9. The molecule has 7 heteroatoms. The van der Waals surface area contributed by atoms with Gasteiger partial charge in [0.2, 0.25) is 5.91 Å². The summed E-state index contributed by atoms with van der Waals surface area (Å²) in [6, 6.07) is 5.70. The lowest BCUT2D eigenvalue weighted by atomic mass is 9.74. The van der Waals surface area contributed by atoms with Gasteiger partial charge >= 0.3 is 5.97 Å². The predicted molar refractivity (Wildman–Crippen MR) is 94.1 cm³/mol. The first-order chi connectivity index (χ1) is 12.5. The maximum Gasteiger partial charge on any atom is 0.311 e. The fraction of sp³-hybridized carbons (Fsp3) is 0.474. The number of amides is 1. The normalized spacial score (nSPS) is 25.3. The summed E-state index contributed by atoms with van der Waals surface area (Å²) in [7, 11) is 1.61. The first-order valence-corrected chi connectivity index (χ1v) is 8.77. The van der Waals surface area contributed by atoms with Crippen LogP contribution >= 0.6 is 0 Å². The second kappa shape index (κ2) is 6.32. The van der Waals surface area contributed by atoms with Gasteiger partial charge in [0.05, 0.1) is 25.6 Å². The molecule has 2 aliphatic rings. The van der Waals surface area contributed by atoms with E-state index in [0.29, 0.717) is 26.2 Å². The number of nitrogens with zero attached hydrogens (tertiary/aromatic N) is 1. The zero-order valence-corrected chi connectivity index (χ0v) is 14.7. The molecule has 2 fully saturated rings. The van der Waals surface area contributed by atoms with Gasteiger partial charge in [-0.2, -0.15) is 0 Å². The van der Waals surface area contributed by atoms with Crippen LogP contribution in [0.5, 0.6) is 5.75 Å². The topological polar surface area (TPSA) is 91.9 Å². The Morgan fingerprint density at radius 1 is 1.46 bits per heavy atom. The van der Waals surface area contributed by atoms with Gasteiger partial charge in [-0.15, -0.1) is 0 Å². The van der Waals surface area contributed by atoms with Crippen molar-refractivity contribution in [1.29, 1.82) is 0 Å². The number of rotatable bonds is 4. The maximum absolute atomic E-state index is 12.9. The first kappa shape index (κ1) is 16.9. The molecule has 0 unspecified atom stereocenters. The number of carbonyl (C=O) groups excluding carboxylic acids is 1. The van der Waals surface area contributed by atoms with Gasteiger partial charge < -0.3 is 24.5 Å². The average Bonchev–Trinajstić information content (AvgIpc) is 3.24. The lowest BCUT2D eigenvalue weighted by Gasteiger charge is -2.33. The zero-order chi connectivity index (χ0) is 18.3. The predicted octanol–water partition coefficient (Wildman–Crippen LogP) is 1.67. The molecule has 0 saturated carbocycles. The fourth-order valence-electron chi connectivity index (χ4n) is 4.29. The Balaban J connectivity index is 1.57. The van der Waals surface area contributed by atoms with Crippen molar-refractivity contribution in [2.45, 2.75) is 12.8 Å². The molecule has 2 aliphatic heterocycles. The molecule has 7 nitrogen and oxygen atoms in total. The Hall–Kier alpha value is -2.54. The lowest BCUT2D eigenvalue weighted by molar-refractivity contribution is -0.157. The van der Waals surface area contributed by atoms with Gasteiger partial charge in [-0.3, -0.25) is 9.59 Å². The van der Waals surface area contributed by atoms with E-state index in [9.17, 15) is 14.7 Å². The molecule has 1 aromatic heterocycles. The third-order valence-corrected chi connectivity index (χ3v) is 5.80. The van der Waals surface area contributed by atoms with Crippen molar-refractivity contribution >= 4 is 22.8 Å². The number of carboxylic acids is 1. The van der Waals surface area contributed by atoms with Gasteiger partial charge in [0.1, 0.15) is 5.75 Å². The molecule has 26 heavy (non-hydrogen) atoms. The van der Waals surface area contributed by atoms with Crippen molar-refractivity contribution in [2.24, 2.45) is 11.3 Å². The van der Waals surface area contributed by atoms with Crippen LogP contribution in [0.25, 0.3) is 10.9 Å². The minimum atomic E-state index is -0.869. The number of aromatic amines is 1. The van der Waals surface area contributed by atoms with Crippen LogP contribution in [0.1, 0.15) is 12.0 Å². The van der Waals surface area contributed by atoms with Crippen LogP contribution in [0.4, 0.5) is 0 Å². The minimum Gasteiger partial charge on any atom is -0.496 e. The number of carbonyl (C=O) groups is 2. The molecule has 0 bridgehead atoms. The number of likely N-dealkylation sites (tertiary alicyclic amines) is 1. The standard InChI is InChI=1S/C19H22N2O5/c1-25-15-4-2-3-14-17(15)12(8-20-14)7-16(22)21-9-13-10-26-6-5-19(13,11-21)18(23)24/h2-4,8,13,20H,5-7,9-11H2,1H3,(H,23,24)/t13-,19+/m0/s1. The molecule has 0 radical (unpaired) electrons. The number of aromatic nitrogens is 1. The molecule has 2 aromatic rings. The molecule has 1 amide bonds. The summed E-state index contributed by atoms with van der Waals surface area (Å²) >= 11 is 0. The number of H-pyrrole nitrogens is 1. The SMILES string of the molecule is COc1cccc2[nH]cc(CC(=O)N3C[C@H]4COCC[C@@]4(C(=O)O)C3)c12. The highest BCUT2D eigenvalue weighted by Crippen LogP contribution is 2.42. The van der Waals surface area contributed by atoms with Crippen molar-refractivity contribution in [3.8, 4) is 5.75 Å². The van der Waals surface area contributed by atoms with E-state index in [1.54, 1.807) is 12.0 Å². The van der Waals surface area contributed by atoms with Gasteiger partial charge in [-0.05, 0) is 24.1 Å². The third kappa shape index (κ3) is 2.54. The molecule has 2 atom stereocenters. The molecule has 2 N–H and O–H groups in total. The van der Waals surface area contributed by atoms with Gasteiger partial charge in [0.25, 0.3) is 0 Å². The molecule has 1 aromatic carbocycles. The largest absolute Gasteiger partial charge is 0.496 e. The summed E-state index contributed by atoms with van der Waals surface area (Å²) in [6.45, 7) is 1.53. The van der Waals surface area contributed by atoms with E-state index in [1.165, 1.54) is 0 Å². The van der Waals surface area contributed by atoms with Crippen LogP contribution in [-0.4, -0.2) is 60.3 Å². The smallest absolute Gasteiger partial charge is 0.311 e. The second-order valence-corrected chi connectivity index (χ2v) is 7.13. The number of benzene rings is 1. The lowest BCUT2D eigenvalue weighted by Crippen LogP contribution is -2.45. The third-order valence-electron chi connectivity index (χ3n) is 5.80. The van der Waals surface area contributed by atoms with E-state index in [4.69, 9.17) is 9.47 Å². The van der Waals surface area contributed by atoms with Crippen LogP contribution in [0.2, 0.25) is 0 Å². The molecule has 138 valence electrons. The van der Waals surface area contributed by atoms with Gasteiger partial charge in [0.15, 0.2) is 0 Å². The van der Waals surface area contributed by atoms with E-state index in [1.807, 2.05) is 24.4 Å². The van der Waals surface area contributed by atoms with Crippen LogP contribution in [0.3, 0.4) is 0 Å². The number of nitrogens with one attached hydrogen (secondary N) is 1. The van der Waals surface area contributed by atoms with Crippen molar-refractivity contribution in [1.82, 2.24) is 9.88 Å². The number of ether oxygens (including phenoxy) is 2. The maximum atomic E-state index is 12.9. The highest BCUT2D eigenvalue weighted by Gasteiger charge is 2.54. The molecule has 4 rings (SSSR count). The number of hydrogen-bond acceptors (Lipinski definition) is 4. The molecular weight excluding hydrogens is 336 g/mol. The molecule has 2 saturated heterocycles. The van der Waals surface area contributed by atoms with Gasteiger partial charge in [-0.25, -0.2) is 0 Å². The van der Waals surface area contributed by atoms with Crippen molar-refractivity contribution in [3.05, 3.63) is 30.0 Å². The Kier molecular flexibility index (Phi) is 4.11. The quantitative estimate of drug-likeness (QED) is 0.867. The Bertz CT molecular complexity index is 861. The molecule has 3 heterocycles. The number of carboxylic acid groups (broad SMARTS) is 1. The van der Waals surface area contributed by atoms with Crippen molar-refractivity contribution in [2.75, 3.05) is 33.4 Å². The van der Waals surface area contributed by atoms with Crippen LogP contribution in [0.15, 0.2) is 24.4 Å². The minimum absolute atomic E-state index is 0.0631. The van der Waals surface area contributed by atoms with E-state index in [-0.39, 0.29) is 24.8 Å². The van der Waals surface area contributed by atoms with E-state index < -0.39 is 11.4 Å². The Labute approximate surface area is 150 Å². The fourth-order valence-corrected chi connectivity index (χ4v) is 4.29. The molecule has 0 spiro atoms. The van der Waals surface area contributed by atoms with Crippen LogP contribution < -0.4 is 4.74 Å². The second-order valence-electron chi connectivity index (χ2n) is 7.13. The van der Waals surface area contributed by atoms with E-state index in [0.717, 1.165) is 22.2 Å². The van der Waals surface area contributed by atoms with E-state index in [2.05, 4.69) is 4.98 Å². The summed E-state index contributed by atoms with van der Waals surface area (Å²) in [6.07, 6.45) is 2.49. The zero-order valence-electron chi connectivity index (χ0n) is 14.7. The summed E-state index contributed by atoms with van der Waals surface area (Å²) in [5.41, 5.74) is 0.904. The Morgan fingerprint density at radius 2 is 2.31 bits per heavy atom. The highest BCUT2D eigenvalue weighted by atomic mass is 16.5. The number of hydrogen-bond donors (Lipinski definition) is 2. The van der Waals surface area contributed by atoms with Crippen LogP contribution in [-0.2, 0) is 20.7 Å². The van der Waals surface area contributed by atoms with Gasteiger partial charge in [-0.1, -0.05) is 6.07 Å². The average molecular weight is 358 g/mol. The van der Waals surface area contributed by atoms with Crippen LogP contribution in [0, 0.1) is 11.3 Å². The number of aliphatic carboxylic acids is 1. The van der Waals surface area contributed by atoms with Gasteiger partial charge in [0, 0.05) is 42.7 Å². The highest BCUT2D eigenvalue weighted by molar-refractivity contribution is 5.93. The van der Waals surface area contributed by atoms with Crippen molar-refractivity contribution in [3.63, 3.8) is 0 Å².